The second-order valence-corrected chi connectivity index (χ2v) is 7.04. The zero-order valence-electron chi connectivity index (χ0n) is 16.7. The zero-order valence-corrected chi connectivity index (χ0v) is 16.7. The number of carbonyl (C=O) groups is 2. The predicted molar refractivity (Wildman–Crippen MR) is 115 cm³/mol. The van der Waals surface area contributed by atoms with Crippen molar-refractivity contribution in [3.05, 3.63) is 42.2 Å². The average molecular weight is 406 g/mol. The van der Waals surface area contributed by atoms with Gasteiger partial charge in [-0.15, -0.1) is 0 Å². The van der Waals surface area contributed by atoms with Gasteiger partial charge in [0.2, 0.25) is 0 Å². The van der Waals surface area contributed by atoms with Crippen molar-refractivity contribution in [2.45, 2.75) is 12.8 Å². The summed E-state index contributed by atoms with van der Waals surface area (Å²) in [7, 11) is 3.75. The highest BCUT2D eigenvalue weighted by molar-refractivity contribution is 6.07. The SMILES string of the molecule is CNc1nc2[nH]c(-c3cccc(C(=O)NCCCC(=O)O)c3)cc2c2c1ncn2C. The minimum Gasteiger partial charge on any atom is -0.481 e. The highest BCUT2D eigenvalue weighted by atomic mass is 16.4. The second kappa shape index (κ2) is 7.86. The Hall–Kier alpha value is -3.88. The van der Waals surface area contributed by atoms with Crippen LogP contribution >= 0.6 is 0 Å². The number of nitrogens with zero attached hydrogens (tertiary/aromatic N) is 3. The van der Waals surface area contributed by atoms with Crippen LogP contribution in [0.1, 0.15) is 23.2 Å². The molecule has 1 amide bonds. The Labute approximate surface area is 172 Å². The number of imidazole rings is 1. The molecule has 0 radical (unpaired) electrons. The number of H-pyrrole nitrogens is 1. The molecule has 4 N–H and O–H groups in total. The first kappa shape index (κ1) is 19.4. The number of aromatic nitrogens is 4. The van der Waals surface area contributed by atoms with E-state index in [0.717, 1.165) is 33.3 Å². The van der Waals surface area contributed by atoms with E-state index in [1.54, 1.807) is 18.5 Å². The molecule has 0 aliphatic carbocycles. The lowest BCUT2D eigenvalue weighted by atomic mass is 10.1. The number of hydrogen-bond donors (Lipinski definition) is 4. The number of nitrogens with one attached hydrogen (secondary N) is 3. The van der Waals surface area contributed by atoms with Crippen molar-refractivity contribution in [1.82, 2.24) is 24.8 Å². The van der Waals surface area contributed by atoms with Crippen LogP contribution in [0.25, 0.3) is 33.3 Å². The molecular weight excluding hydrogens is 384 g/mol. The Morgan fingerprint density at radius 1 is 1.27 bits per heavy atom. The minimum absolute atomic E-state index is 0.0273. The van der Waals surface area contributed by atoms with E-state index in [9.17, 15) is 9.59 Å². The molecule has 9 nitrogen and oxygen atoms in total. The first-order valence-electron chi connectivity index (χ1n) is 9.60. The van der Waals surface area contributed by atoms with Crippen molar-refractivity contribution < 1.29 is 14.7 Å². The summed E-state index contributed by atoms with van der Waals surface area (Å²) in [5.41, 5.74) is 4.71. The molecule has 4 aromatic rings. The van der Waals surface area contributed by atoms with Crippen molar-refractivity contribution in [2.24, 2.45) is 7.05 Å². The molecule has 0 saturated heterocycles. The van der Waals surface area contributed by atoms with Crippen molar-refractivity contribution in [2.75, 3.05) is 18.9 Å². The summed E-state index contributed by atoms with van der Waals surface area (Å²) in [5.74, 6) is -0.411. The van der Waals surface area contributed by atoms with E-state index in [0.29, 0.717) is 24.3 Å². The Kier molecular flexibility index (Phi) is 5.09. The third-order valence-corrected chi connectivity index (χ3v) is 4.96. The van der Waals surface area contributed by atoms with Crippen molar-refractivity contribution >= 4 is 39.8 Å². The maximum absolute atomic E-state index is 12.4. The second-order valence-electron chi connectivity index (χ2n) is 7.04. The Morgan fingerprint density at radius 2 is 2.10 bits per heavy atom. The fraction of sp³-hybridized carbons (Fsp3) is 0.238. The van der Waals surface area contributed by atoms with E-state index in [4.69, 9.17) is 5.11 Å². The number of carboxylic acid groups (broad SMARTS) is 1. The molecule has 0 bridgehead atoms. The maximum atomic E-state index is 12.4. The van der Waals surface area contributed by atoms with E-state index < -0.39 is 5.97 Å². The number of amides is 1. The van der Waals surface area contributed by atoms with Gasteiger partial charge < -0.3 is 25.3 Å². The summed E-state index contributed by atoms with van der Waals surface area (Å²) in [6.45, 7) is 0.316. The molecule has 0 unspecified atom stereocenters. The number of aromatic amines is 1. The quantitative estimate of drug-likeness (QED) is 0.350. The summed E-state index contributed by atoms with van der Waals surface area (Å²) in [6.07, 6.45) is 2.18. The van der Waals surface area contributed by atoms with E-state index >= 15 is 0 Å². The molecule has 3 aromatic heterocycles. The van der Waals surface area contributed by atoms with Crippen LogP contribution < -0.4 is 10.6 Å². The van der Waals surface area contributed by atoms with Crippen LogP contribution in [0.15, 0.2) is 36.7 Å². The van der Waals surface area contributed by atoms with Gasteiger partial charge in [0.25, 0.3) is 5.91 Å². The highest BCUT2D eigenvalue weighted by Crippen LogP contribution is 2.31. The van der Waals surface area contributed by atoms with Gasteiger partial charge in [-0.2, -0.15) is 0 Å². The van der Waals surface area contributed by atoms with Crippen molar-refractivity contribution in [1.29, 1.82) is 0 Å². The maximum Gasteiger partial charge on any atom is 0.303 e. The molecule has 1 aromatic carbocycles. The number of aliphatic carboxylic acids is 1. The summed E-state index contributed by atoms with van der Waals surface area (Å²) in [5, 5.41) is 15.5. The lowest BCUT2D eigenvalue weighted by Crippen LogP contribution is -2.24. The van der Waals surface area contributed by atoms with E-state index in [-0.39, 0.29) is 12.3 Å². The number of pyridine rings is 1. The average Bonchev–Trinajstić information content (AvgIpc) is 3.34. The van der Waals surface area contributed by atoms with Crippen LogP contribution in [0.3, 0.4) is 0 Å². The molecule has 3 heterocycles. The largest absolute Gasteiger partial charge is 0.481 e. The number of rotatable bonds is 7. The van der Waals surface area contributed by atoms with Gasteiger partial charge in [0.1, 0.15) is 11.2 Å². The highest BCUT2D eigenvalue weighted by Gasteiger charge is 2.15. The van der Waals surface area contributed by atoms with Gasteiger partial charge in [0.05, 0.1) is 11.8 Å². The number of fused-ring (bicyclic) bond motifs is 3. The Morgan fingerprint density at radius 3 is 2.87 bits per heavy atom. The first-order chi connectivity index (χ1) is 14.5. The standard InChI is InChI=1S/C21H22N6O3/c1-22-20-17-18(27(2)11-24-17)14-10-15(25-19(14)26-20)12-5-3-6-13(9-12)21(30)23-8-4-7-16(28)29/h3,5-6,9-11H,4,7-8H2,1-2H3,(H,23,30)(H,28,29)(H2,22,25,26). The molecule has 9 heteroatoms. The molecule has 4 rings (SSSR count). The van der Waals surface area contributed by atoms with Gasteiger partial charge in [-0.05, 0) is 30.2 Å². The topological polar surface area (TPSA) is 125 Å². The smallest absolute Gasteiger partial charge is 0.303 e. The zero-order chi connectivity index (χ0) is 21.3. The normalized spacial score (nSPS) is 11.1. The van der Waals surface area contributed by atoms with E-state index in [1.165, 1.54) is 0 Å². The molecule has 0 atom stereocenters. The molecule has 30 heavy (non-hydrogen) atoms. The number of carbonyl (C=O) groups excluding carboxylic acids is 1. The Bertz CT molecular complexity index is 1260. The summed E-state index contributed by atoms with van der Waals surface area (Å²) < 4.78 is 1.96. The third kappa shape index (κ3) is 3.57. The molecular formula is C21H22N6O3. The van der Waals surface area contributed by atoms with Crippen LogP contribution in [0.5, 0.6) is 0 Å². The lowest BCUT2D eigenvalue weighted by molar-refractivity contribution is -0.137. The van der Waals surface area contributed by atoms with E-state index in [1.807, 2.05) is 36.9 Å². The first-order valence-corrected chi connectivity index (χ1v) is 9.60. The Balaban J connectivity index is 1.65. The number of anilines is 1. The number of aryl methyl sites for hydroxylation is 1. The van der Waals surface area contributed by atoms with Gasteiger partial charge in [-0.1, -0.05) is 12.1 Å². The van der Waals surface area contributed by atoms with Crippen molar-refractivity contribution in [3.8, 4) is 11.3 Å². The molecule has 0 aliphatic rings. The van der Waals surface area contributed by atoms with E-state index in [2.05, 4.69) is 25.6 Å². The number of benzene rings is 1. The molecule has 0 spiro atoms. The van der Waals surface area contributed by atoms with Gasteiger partial charge in [-0.25, -0.2) is 9.97 Å². The van der Waals surface area contributed by atoms with Gasteiger partial charge in [0, 0.05) is 43.7 Å². The fourth-order valence-electron chi connectivity index (χ4n) is 3.50. The minimum atomic E-state index is -0.873. The van der Waals surface area contributed by atoms with Crippen molar-refractivity contribution in [3.63, 3.8) is 0 Å². The van der Waals surface area contributed by atoms with Gasteiger partial charge in [0.15, 0.2) is 5.82 Å². The van der Waals surface area contributed by atoms with Crippen LogP contribution in [-0.4, -0.2) is 50.1 Å². The van der Waals surface area contributed by atoms with Crippen LogP contribution in [0.2, 0.25) is 0 Å². The molecule has 0 saturated carbocycles. The van der Waals surface area contributed by atoms with Crippen LogP contribution in [-0.2, 0) is 11.8 Å². The van der Waals surface area contributed by atoms with Crippen LogP contribution in [0.4, 0.5) is 5.82 Å². The number of hydrogen-bond acceptors (Lipinski definition) is 5. The summed E-state index contributed by atoms with van der Waals surface area (Å²) in [4.78, 5) is 35.4. The summed E-state index contributed by atoms with van der Waals surface area (Å²) >= 11 is 0. The van der Waals surface area contributed by atoms with Crippen LogP contribution in [0, 0.1) is 0 Å². The lowest BCUT2D eigenvalue weighted by Gasteiger charge is -2.06. The fourth-order valence-corrected chi connectivity index (χ4v) is 3.50. The summed E-state index contributed by atoms with van der Waals surface area (Å²) in [6, 6.07) is 9.28. The monoisotopic (exact) mass is 406 g/mol. The molecule has 154 valence electrons. The molecule has 0 fully saturated rings. The predicted octanol–water partition coefficient (Wildman–Crippen LogP) is 2.75. The number of carboxylic acids is 1. The third-order valence-electron chi connectivity index (χ3n) is 4.96. The van der Waals surface area contributed by atoms with Gasteiger partial charge in [-0.3, -0.25) is 9.59 Å². The molecule has 0 aliphatic heterocycles. The van der Waals surface area contributed by atoms with Gasteiger partial charge >= 0.3 is 5.97 Å².